The summed E-state index contributed by atoms with van der Waals surface area (Å²) in [5, 5.41) is 0. The quantitative estimate of drug-likeness (QED) is 0.0513. The Morgan fingerprint density at radius 2 is 0.798 bits per heavy atom. The zero-order chi connectivity index (χ0) is 60.3. The van der Waals surface area contributed by atoms with Crippen molar-refractivity contribution < 1.29 is 99.6 Å². The summed E-state index contributed by atoms with van der Waals surface area (Å²) in [5.74, 6) is 0.567. The minimum atomic E-state index is -1.29. The number of esters is 3. The first-order valence-corrected chi connectivity index (χ1v) is 26.6. The van der Waals surface area contributed by atoms with Crippen molar-refractivity contribution in [3.05, 3.63) is 123 Å². The number of rotatable bonds is 20. The van der Waals surface area contributed by atoms with Crippen LogP contribution >= 0.6 is 0 Å². The molecule has 84 heavy (non-hydrogen) atoms. The highest BCUT2D eigenvalue weighted by Crippen LogP contribution is 2.63. The number of hydrogen-bond donors (Lipinski definition) is 0. The minimum Gasteiger partial charge on any atom is -0.497 e. The summed E-state index contributed by atoms with van der Waals surface area (Å²) in [6, 6.07) is 22.7. The van der Waals surface area contributed by atoms with Crippen molar-refractivity contribution in [1.82, 2.24) is 0 Å². The molecule has 9 rings (SSSR count). The van der Waals surface area contributed by atoms with Gasteiger partial charge in [-0.15, -0.1) is 0 Å². The molecule has 0 unspecified atom stereocenters. The first-order chi connectivity index (χ1) is 40.6. The van der Waals surface area contributed by atoms with Crippen LogP contribution in [0.1, 0.15) is 95.4 Å². The molecule has 3 aliphatic heterocycles. The molecule has 21 nitrogen and oxygen atoms in total. The van der Waals surface area contributed by atoms with Crippen LogP contribution in [0.5, 0.6) is 86.2 Å². The predicted molar refractivity (Wildman–Crippen MR) is 301 cm³/mol. The third-order valence-electron chi connectivity index (χ3n) is 15.1. The Morgan fingerprint density at radius 1 is 0.381 bits per heavy atom. The van der Waals surface area contributed by atoms with Gasteiger partial charge in [0.05, 0.1) is 97.2 Å². The number of ether oxygens (including phenoxy) is 18. The Morgan fingerprint density at radius 3 is 1.19 bits per heavy atom. The third-order valence-corrected chi connectivity index (χ3v) is 15.1. The van der Waals surface area contributed by atoms with Crippen molar-refractivity contribution >= 4 is 17.9 Å². The van der Waals surface area contributed by atoms with Crippen LogP contribution in [0.25, 0.3) is 0 Å². The van der Waals surface area contributed by atoms with Gasteiger partial charge in [-0.1, -0.05) is 18.2 Å². The van der Waals surface area contributed by atoms with E-state index in [0.29, 0.717) is 102 Å². The van der Waals surface area contributed by atoms with Gasteiger partial charge in [-0.25, -0.2) is 0 Å². The van der Waals surface area contributed by atoms with Crippen molar-refractivity contribution in [2.24, 2.45) is 0 Å². The summed E-state index contributed by atoms with van der Waals surface area (Å²) in [7, 11) is 18.0. The molecule has 0 saturated heterocycles. The van der Waals surface area contributed by atoms with Crippen molar-refractivity contribution in [2.75, 3.05) is 85.3 Å². The summed E-state index contributed by atoms with van der Waals surface area (Å²) in [5.41, 5.74) is 3.49. The van der Waals surface area contributed by atoms with E-state index in [4.69, 9.17) is 85.3 Å². The van der Waals surface area contributed by atoms with Gasteiger partial charge in [0.15, 0.2) is 65.0 Å². The van der Waals surface area contributed by atoms with Crippen LogP contribution in [0.15, 0.2) is 78.9 Å². The molecule has 6 aromatic rings. The normalized spacial score (nSPS) is 20.0. The fourth-order valence-electron chi connectivity index (χ4n) is 11.7. The maximum absolute atomic E-state index is 14.0. The highest BCUT2D eigenvalue weighted by Gasteiger charge is 2.53. The topological polar surface area (TPSA) is 217 Å². The lowest BCUT2D eigenvalue weighted by Gasteiger charge is -2.44. The molecule has 0 aliphatic carbocycles. The van der Waals surface area contributed by atoms with Crippen molar-refractivity contribution in [3.8, 4) is 86.2 Å². The molecule has 0 aromatic heterocycles. The Labute approximate surface area is 486 Å². The molecule has 3 aliphatic rings. The number of methoxy groups -OCH3 is 12. The number of hydrogen-bond acceptors (Lipinski definition) is 21. The first-order valence-electron chi connectivity index (χ1n) is 26.6. The molecule has 0 spiro atoms. The lowest BCUT2D eigenvalue weighted by atomic mass is 9.73. The zero-order valence-electron chi connectivity index (χ0n) is 49.4. The van der Waals surface area contributed by atoms with Crippen LogP contribution in [-0.2, 0) is 35.0 Å². The van der Waals surface area contributed by atoms with Crippen LogP contribution in [-0.4, -0.2) is 122 Å². The van der Waals surface area contributed by atoms with E-state index in [-0.39, 0.29) is 35.2 Å². The van der Waals surface area contributed by atoms with Gasteiger partial charge in [0.1, 0.15) is 46.4 Å². The Balaban J connectivity index is 1.46. The van der Waals surface area contributed by atoms with Crippen molar-refractivity contribution in [1.29, 1.82) is 0 Å². The average Bonchev–Trinajstić information content (AvgIpc) is 0.824. The molecule has 0 N–H and O–H groups in total. The molecule has 21 heteroatoms. The summed E-state index contributed by atoms with van der Waals surface area (Å²) in [6.07, 6.45) is -7.01. The summed E-state index contributed by atoms with van der Waals surface area (Å²) in [6.45, 7) is 3.90. The molecule has 0 radical (unpaired) electrons. The molecule has 0 bridgehead atoms. The Bertz CT molecular complexity index is 3400. The molecule has 0 saturated carbocycles. The molecule has 3 heterocycles. The largest absolute Gasteiger partial charge is 0.497 e. The molecule has 8 atom stereocenters. The second kappa shape index (κ2) is 25.1. The fourth-order valence-corrected chi connectivity index (χ4v) is 11.7. The SMILES string of the molecule is COc1ccc2c(c1)O[C@H](c1cc(OC)c(OC)c(OC)c1)[C@@H](OC(C)=O)[C@H]2c1c(OC)c2c(c([C@H]3c4ccc(OC)cc4O[C@H](c4cc(OC)c(OC)c(OC)c4)[C@H]3OC(C)=O)c1OC)O[C@H](c1ccc(OC)c(OC)c1)[C@@H](OC(C)=O)C2. The van der Waals surface area contributed by atoms with Crippen molar-refractivity contribution in [3.63, 3.8) is 0 Å². The Hall–Kier alpha value is -9.27. The molecule has 0 amide bonds. The fraction of sp³-hybridized carbons (Fsp3) is 0.381. The number of carbonyl (C=O) groups excluding carboxylic acids is 3. The average molecular weight is 1160 g/mol. The van der Waals surface area contributed by atoms with E-state index < -0.39 is 66.4 Å². The lowest BCUT2D eigenvalue weighted by Crippen LogP contribution is -2.41. The summed E-state index contributed by atoms with van der Waals surface area (Å²) >= 11 is 0. The van der Waals surface area contributed by atoms with E-state index in [1.54, 1.807) is 66.7 Å². The molecule has 0 fully saturated rings. The van der Waals surface area contributed by atoms with Gasteiger partial charge in [-0.3, -0.25) is 14.4 Å². The van der Waals surface area contributed by atoms with Gasteiger partial charge in [0, 0.05) is 83.8 Å². The van der Waals surface area contributed by atoms with Gasteiger partial charge < -0.3 is 85.3 Å². The third kappa shape index (κ3) is 10.8. The van der Waals surface area contributed by atoms with Crippen LogP contribution in [0, 0.1) is 0 Å². The van der Waals surface area contributed by atoms with E-state index in [2.05, 4.69) is 0 Å². The molecular weight excluding hydrogens is 1090 g/mol. The number of fused-ring (bicyclic) bond motifs is 3. The maximum Gasteiger partial charge on any atom is 0.303 e. The highest BCUT2D eigenvalue weighted by atomic mass is 16.6. The number of benzene rings is 6. The highest BCUT2D eigenvalue weighted by molar-refractivity contribution is 5.74. The maximum atomic E-state index is 14.0. The van der Waals surface area contributed by atoms with Crippen LogP contribution in [0.4, 0.5) is 0 Å². The van der Waals surface area contributed by atoms with E-state index >= 15 is 0 Å². The lowest BCUT2D eigenvalue weighted by molar-refractivity contribution is -0.154. The van der Waals surface area contributed by atoms with Crippen LogP contribution < -0.4 is 71.1 Å². The smallest absolute Gasteiger partial charge is 0.303 e. The van der Waals surface area contributed by atoms with Gasteiger partial charge in [0.25, 0.3) is 0 Å². The molecular formula is C63H68O21. The van der Waals surface area contributed by atoms with E-state index in [1.807, 2.05) is 12.1 Å². The molecule has 446 valence electrons. The van der Waals surface area contributed by atoms with E-state index in [1.165, 1.54) is 106 Å². The second-order valence-electron chi connectivity index (χ2n) is 19.6. The summed E-state index contributed by atoms with van der Waals surface area (Å²) in [4.78, 5) is 41.3. The van der Waals surface area contributed by atoms with Gasteiger partial charge in [-0.05, 0) is 48.5 Å². The zero-order valence-corrected chi connectivity index (χ0v) is 49.4. The predicted octanol–water partition coefficient (Wildman–Crippen LogP) is 9.79. The minimum absolute atomic E-state index is 0.0540. The second-order valence-corrected chi connectivity index (χ2v) is 19.6. The monoisotopic (exact) mass is 1160 g/mol. The van der Waals surface area contributed by atoms with Crippen LogP contribution in [0.3, 0.4) is 0 Å². The van der Waals surface area contributed by atoms with Gasteiger partial charge >= 0.3 is 17.9 Å². The standard InChI is InChI=1S/C63H68O21/c1-30(64)79-49-29-40-57(75-12)52(50-38-19-17-36(67-4)27-42(38)82-55(62(50)80-31(2)65)34-23-45(71-8)59(76-13)46(24-34)72-9)61(78-15)53(58(40)84-54(49)33-16-21-41(69-6)44(22-33)70-7)51-39-20-18-37(68-5)28-43(39)83-56(63(51)81-32(3)66)35-25-47(73-10)60(77-14)48(26-35)74-11/h16-28,49-51,54-56,62-63H,29H2,1-15H3/t49-,50+,51+,54+,55+,56+,62-,63-/m0/s1. The van der Waals surface area contributed by atoms with E-state index in [9.17, 15) is 14.4 Å². The molecule has 6 aromatic carbocycles. The van der Waals surface area contributed by atoms with Crippen LogP contribution in [0.2, 0.25) is 0 Å². The van der Waals surface area contributed by atoms with Gasteiger partial charge in [-0.2, -0.15) is 0 Å². The summed E-state index contributed by atoms with van der Waals surface area (Å²) < 4.78 is 113. The van der Waals surface area contributed by atoms with E-state index in [0.717, 1.165) is 0 Å². The van der Waals surface area contributed by atoms with Gasteiger partial charge in [0.2, 0.25) is 11.5 Å². The number of carbonyl (C=O) groups is 3. The Kier molecular flexibility index (Phi) is 17.7. The van der Waals surface area contributed by atoms with Crippen molar-refractivity contribution in [2.45, 2.75) is 75.7 Å². The first kappa shape index (κ1) is 59.4.